The average Bonchev–Trinajstić information content (AvgIpc) is 2.70. The van der Waals surface area contributed by atoms with Gasteiger partial charge in [0.25, 0.3) is 0 Å². The van der Waals surface area contributed by atoms with Crippen molar-refractivity contribution < 1.29 is 34.8 Å². The van der Waals surface area contributed by atoms with Gasteiger partial charge < -0.3 is 25.2 Å². The van der Waals surface area contributed by atoms with E-state index in [9.17, 15) is 30.0 Å². The van der Waals surface area contributed by atoms with E-state index < -0.39 is 11.9 Å². The Morgan fingerprint density at radius 2 is 1.37 bits per heavy atom. The zero-order valence-corrected chi connectivity index (χ0v) is 16.3. The van der Waals surface area contributed by atoms with Gasteiger partial charge in [0.2, 0.25) is 0 Å². The van der Waals surface area contributed by atoms with Gasteiger partial charge in [-0.1, -0.05) is 12.1 Å². The van der Waals surface area contributed by atoms with E-state index in [4.69, 9.17) is 4.74 Å². The van der Waals surface area contributed by atoms with Gasteiger partial charge in [-0.25, -0.2) is 0 Å². The number of aromatic hydroxyl groups is 4. The van der Waals surface area contributed by atoms with E-state index in [2.05, 4.69) is 0 Å². The molecule has 0 radical (unpaired) electrons. The zero-order valence-electron chi connectivity index (χ0n) is 16.3. The van der Waals surface area contributed by atoms with Gasteiger partial charge in [-0.2, -0.15) is 0 Å². The van der Waals surface area contributed by atoms with E-state index in [1.807, 2.05) is 0 Å². The summed E-state index contributed by atoms with van der Waals surface area (Å²) in [6.07, 6.45) is 3.49. The van der Waals surface area contributed by atoms with Crippen molar-refractivity contribution in [2.75, 3.05) is 6.61 Å². The molecule has 156 valence electrons. The first-order chi connectivity index (χ1) is 14.3. The topological polar surface area (TPSA) is 124 Å². The Bertz CT molecular complexity index is 976. The lowest BCUT2D eigenvalue weighted by atomic mass is 9.79. The normalized spacial score (nSPS) is 19.2. The van der Waals surface area contributed by atoms with Crippen LogP contribution in [-0.4, -0.2) is 38.8 Å². The summed E-state index contributed by atoms with van der Waals surface area (Å²) in [5.41, 5.74) is 1.72. The molecule has 0 unspecified atom stereocenters. The summed E-state index contributed by atoms with van der Waals surface area (Å²) >= 11 is 0. The van der Waals surface area contributed by atoms with Crippen LogP contribution in [0.5, 0.6) is 23.0 Å². The second-order valence-corrected chi connectivity index (χ2v) is 7.02. The van der Waals surface area contributed by atoms with Crippen molar-refractivity contribution in [1.82, 2.24) is 0 Å². The van der Waals surface area contributed by atoms with Crippen LogP contribution in [0.3, 0.4) is 0 Å². The van der Waals surface area contributed by atoms with Crippen molar-refractivity contribution >= 4 is 23.9 Å². The largest absolute Gasteiger partial charge is 0.504 e. The molecule has 2 aromatic carbocycles. The molecule has 3 rings (SSSR count). The third kappa shape index (κ3) is 4.63. The molecule has 30 heavy (non-hydrogen) atoms. The summed E-state index contributed by atoms with van der Waals surface area (Å²) in [6.45, 7) is 1.93. The lowest BCUT2D eigenvalue weighted by molar-refractivity contribution is -0.148. The van der Waals surface area contributed by atoms with Crippen LogP contribution in [0.4, 0.5) is 0 Å². The quantitative estimate of drug-likeness (QED) is 0.345. The van der Waals surface area contributed by atoms with Crippen molar-refractivity contribution in [3.8, 4) is 23.0 Å². The standard InChI is InChI=1S/C23H22O7/c1-2-30-23(29)17-11-15(7-13-3-5-18(24)20(26)9-13)22(28)16(12-17)8-14-4-6-19(25)21(27)10-14/h3-10,17,24-27H,2,11-12H2,1H3/b15-7+,16-8+. The van der Waals surface area contributed by atoms with Gasteiger partial charge in [-0.15, -0.1) is 0 Å². The fraction of sp³-hybridized carbons (Fsp3) is 0.217. The van der Waals surface area contributed by atoms with Crippen molar-refractivity contribution in [1.29, 1.82) is 0 Å². The monoisotopic (exact) mass is 410 g/mol. The molecule has 2 aromatic rings. The summed E-state index contributed by atoms with van der Waals surface area (Å²) in [6, 6.07) is 8.37. The van der Waals surface area contributed by atoms with Crippen LogP contribution in [0.1, 0.15) is 30.9 Å². The van der Waals surface area contributed by atoms with Gasteiger partial charge in [0.1, 0.15) is 0 Å². The first-order valence-corrected chi connectivity index (χ1v) is 9.45. The molecule has 1 aliphatic rings. The Balaban J connectivity index is 2.01. The molecule has 0 amide bonds. The number of phenolic OH excluding ortho intramolecular Hbond substituents is 4. The fourth-order valence-corrected chi connectivity index (χ4v) is 3.33. The maximum absolute atomic E-state index is 13.1. The number of hydrogen-bond donors (Lipinski definition) is 4. The minimum Gasteiger partial charge on any atom is -0.504 e. The Hall–Kier alpha value is -3.74. The van der Waals surface area contributed by atoms with Crippen molar-refractivity contribution in [3.63, 3.8) is 0 Å². The Morgan fingerprint density at radius 3 is 1.77 bits per heavy atom. The number of ketones is 1. The van der Waals surface area contributed by atoms with Gasteiger partial charge in [-0.05, 0) is 67.3 Å². The average molecular weight is 410 g/mol. The molecule has 1 fully saturated rings. The number of carbonyl (C=O) groups excluding carboxylic acids is 2. The molecule has 0 bridgehead atoms. The summed E-state index contributed by atoms with van der Waals surface area (Å²) in [5.74, 6) is -2.42. The molecule has 1 aliphatic carbocycles. The number of hydrogen-bond acceptors (Lipinski definition) is 7. The van der Waals surface area contributed by atoms with Crippen LogP contribution in [0.2, 0.25) is 0 Å². The number of rotatable bonds is 4. The first kappa shape index (κ1) is 21.0. The lowest BCUT2D eigenvalue weighted by Gasteiger charge is -2.24. The Morgan fingerprint density at radius 1 is 0.900 bits per heavy atom. The van der Waals surface area contributed by atoms with Crippen LogP contribution in [0, 0.1) is 5.92 Å². The van der Waals surface area contributed by atoms with E-state index >= 15 is 0 Å². The molecular formula is C23H22O7. The van der Waals surface area contributed by atoms with Gasteiger partial charge in [0, 0.05) is 11.1 Å². The highest BCUT2D eigenvalue weighted by molar-refractivity contribution is 6.14. The smallest absolute Gasteiger partial charge is 0.309 e. The van der Waals surface area contributed by atoms with Crippen LogP contribution < -0.4 is 0 Å². The number of ether oxygens (including phenoxy) is 1. The fourth-order valence-electron chi connectivity index (χ4n) is 3.33. The van der Waals surface area contributed by atoms with Crippen molar-refractivity contribution in [2.45, 2.75) is 19.8 Å². The molecule has 0 aliphatic heterocycles. The highest BCUT2D eigenvalue weighted by atomic mass is 16.5. The predicted octanol–water partition coefficient (Wildman–Crippen LogP) is 3.52. The van der Waals surface area contributed by atoms with Crippen LogP contribution in [0.25, 0.3) is 12.2 Å². The van der Waals surface area contributed by atoms with E-state index in [1.54, 1.807) is 31.2 Å². The molecule has 7 nitrogen and oxygen atoms in total. The predicted molar refractivity (Wildman–Crippen MR) is 110 cm³/mol. The lowest BCUT2D eigenvalue weighted by Crippen LogP contribution is -2.27. The molecule has 0 aromatic heterocycles. The molecule has 7 heteroatoms. The molecule has 0 heterocycles. The van der Waals surface area contributed by atoms with E-state index in [-0.39, 0.29) is 48.2 Å². The summed E-state index contributed by atoms with van der Waals surface area (Å²) in [4.78, 5) is 25.4. The highest BCUT2D eigenvalue weighted by Crippen LogP contribution is 2.35. The minimum atomic E-state index is -0.559. The van der Waals surface area contributed by atoms with Crippen molar-refractivity contribution in [2.24, 2.45) is 5.92 Å². The molecule has 0 saturated heterocycles. The number of esters is 1. The summed E-state index contributed by atoms with van der Waals surface area (Å²) in [7, 11) is 0. The minimum absolute atomic E-state index is 0.178. The van der Waals surface area contributed by atoms with Crippen LogP contribution in [-0.2, 0) is 14.3 Å². The zero-order chi connectivity index (χ0) is 21.8. The Labute approximate surface area is 173 Å². The number of benzene rings is 2. The SMILES string of the molecule is CCOC(=O)C1C/C(=C\c2ccc(O)c(O)c2)C(=O)/C(=C/c2ccc(O)c(O)c2)C1. The van der Waals surface area contributed by atoms with Gasteiger partial charge >= 0.3 is 5.97 Å². The van der Waals surface area contributed by atoms with E-state index in [0.29, 0.717) is 22.3 Å². The number of phenols is 4. The van der Waals surface area contributed by atoms with E-state index in [0.717, 1.165) is 0 Å². The Kier molecular flexibility index (Phi) is 6.11. The van der Waals surface area contributed by atoms with E-state index in [1.165, 1.54) is 24.3 Å². The molecule has 0 spiro atoms. The molecule has 1 saturated carbocycles. The molecule has 4 N–H and O–H groups in total. The van der Waals surface area contributed by atoms with Crippen LogP contribution in [0.15, 0.2) is 47.5 Å². The number of carbonyl (C=O) groups is 2. The molecule has 0 atom stereocenters. The second-order valence-electron chi connectivity index (χ2n) is 7.02. The van der Waals surface area contributed by atoms with Gasteiger partial charge in [0.15, 0.2) is 28.8 Å². The van der Waals surface area contributed by atoms with Crippen molar-refractivity contribution in [3.05, 3.63) is 58.7 Å². The maximum atomic E-state index is 13.1. The van der Waals surface area contributed by atoms with Gasteiger partial charge in [-0.3, -0.25) is 9.59 Å². The molecular weight excluding hydrogens is 388 g/mol. The number of Topliss-reactive ketones (excluding diaryl/α,β-unsaturated/α-hetero) is 1. The third-order valence-electron chi connectivity index (χ3n) is 4.82. The van der Waals surface area contributed by atoms with Gasteiger partial charge in [0.05, 0.1) is 12.5 Å². The summed E-state index contributed by atoms with van der Waals surface area (Å²) < 4.78 is 5.13. The maximum Gasteiger partial charge on any atom is 0.309 e. The first-order valence-electron chi connectivity index (χ1n) is 9.45. The number of allylic oxidation sites excluding steroid dienone is 2. The summed E-state index contributed by atoms with van der Waals surface area (Å²) in [5, 5.41) is 38.4. The highest BCUT2D eigenvalue weighted by Gasteiger charge is 2.33. The third-order valence-corrected chi connectivity index (χ3v) is 4.82. The van der Waals surface area contributed by atoms with Crippen LogP contribution >= 0.6 is 0 Å². The second kappa shape index (κ2) is 8.73.